The van der Waals surface area contributed by atoms with Crippen LogP contribution >= 0.6 is 11.6 Å². The van der Waals surface area contributed by atoms with Gasteiger partial charge in [0.25, 0.3) is 0 Å². The number of ether oxygens (including phenoxy) is 3. The van der Waals surface area contributed by atoms with Crippen molar-refractivity contribution in [1.29, 1.82) is 0 Å². The van der Waals surface area contributed by atoms with Gasteiger partial charge in [-0.3, -0.25) is 4.90 Å². The third-order valence-corrected chi connectivity index (χ3v) is 5.38. The number of halogens is 1. The predicted octanol–water partition coefficient (Wildman–Crippen LogP) is 5.42. The third kappa shape index (κ3) is 4.34. The quantitative estimate of drug-likeness (QED) is 0.563. The molecular formula is C24H24ClNO3. The van der Waals surface area contributed by atoms with Gasteiger partial charge in [-0.05, 0) is 41.5 Å². The van der Waals surface area contributed by atoms with E-state index in [4.69, 9.17) is 25.8 Å². The van der Waals surface area contributed by atoms with Crippen LogP contribution in [-0.4, -0.2) is 32.3 Å². The lowest BCUT2D eigenvalue weighted by atomic mass is 10.0. The molecule has 29 heavy (non-hydrogen) atoms. The molecule has 150 valence electrons. The summed E-state index contributed by atoms with van der Waals surface area (Å²) < 4.78 is 17.3. The van der Waals surface area contributed by atoms with E-state index in [-0.39, 0.29) is 0 Å². The van der Waals surface area contributed by atoms with Crippen molar-refractivity contribution in [3.63, 3.8) is 0 Å². The lowest BCUT2D eigenvalue weighted by molar-refractivity contribution is 0.215. The summed E-state index contributed by atoms with van der Waals surface area (Å²) in [5, 5.41) is 0.713. The Morgan fingerprint density at radius 1 is 0.931 bits per heavy atom. The second kappa shape index (κ2) is 8.76. The van der Waals surface area contributed by atoms with Crippen LogP contribution in [0.4, 0.5) is 0 Å². The zero-order chi connectivity index (χ0) is 20.2. The van der Waals surface area contributed by atoms with E-state index in [9.17, 15) is 0 Å². The summed E-state index contributed by atoms with van der Waals surface area (Å²) in [5.74, 6) is 2.47. The molecule has 0 spiro atoms. The lowest BCUT2D eigenvalue weighted by Gasteiger charge is -2.21. The number of nitrogens with zero attached hydrogens (tertiary/aromatic N) is 1. The minimum atomic E-state index is 0.606. The van der Waals surface area contributed by atoms with Crippen molar-refractivity contribution in [3.8, 4) is 28.4 Å². The van der Waals surface area contributed by atoms with E-state index in [0.29, 0.717) is 11.6 Å². The molecule has 0 bridgehead atoms. The van der Waals surface area contributed by atoms with Crippen molar-refractivity contribution < 1.29 is 14.2 Å². The first-order chi connectivity index (χ1) is 14.2. The summed E-state index contributed by atoms with van der Waals surface area (Å²) in [6, 6.07) is 20.2. The number of rotatable bonds is 5. The van der Waals surface area contributed by atoms with Crippen LogP contribution in [0, 0.1) is 0 Å². The number of methoxy groups -OCH3 is 2. The first kappa shape index (κ1) is 19.6. The van der Waals surface area contributed by atoms with Crippen LogP contribution in [0.3, 0.4) is 0 Å². The molecule has 4 rings (SSSR count). The fraction of sp³-hybridized carbons (Fsp3) is 0.250. The Hall–Kier alpha value is -2.69. The average Bonchev–Trinajstić information content (AvgIpc) is 2.95. The molecule has 0 aromatic heterocycles. The topological polar surface area (TPSA) is 30.9 Å². The van der Waals surface area contributed by atoms with Gasteiger partial charge in [0.2, 0.25) is 0 Å². The summed E-state index contributed by atoms with van der Waals surface area (Å²) in [7, 11) is 3.39. The highest BCUT2D eigenvalue weighted by Crippen LogP contribution is 2.39. The van der Waals surface area contributed by atoms with Gasteiger partial charge in [0.1, 0.15) is 12.4 Å². The van der Waals surface area contributed by atoms with Crippen molar-refractivity contribution in [2.75, 3.05) is 27.4 Å². The zero-order valence-corrected chi connectivity index (χ0v) is 17.4. The molecule has 0 amide bonds. The first-order valence-electron chi connectivity index (χ1n) is 9.62. The molecule has 0 unspecified atom stereocenters. The van der Waals surface area contributed by atoms with Crippen LogP contribution in [-0.2, 0) is 13.1 Å². The Kier molecular flexibility index (Phi) is 5.93. The number of hydrogen-bond donors (Lipinski definition) is 0. The van der Waals surface area contributed by atoms with Crippen LogP contribution in [0.15, 0.2) is 60.7 Å². The molecule has 1 aliphatic rings. The van der Waals surface area contributed by atoms with Crippen molar-refractivity contribution in [2.24, 2.45) is 0 Å². The molecule has 4 nitrogen and oxygen atoms in total. The molecule has 5 heteroatoms. The summed E-state index contributed by atoms with van der Waals surface area (Å²) in [6.07, 6.45) is 0. The first-order valence-corrected chi connectivity index (χ1v) is 9.99. The molecule has 0 N–H and O–H groups in total. The van der Waals surface area contributed by atoms with Gasteiger partial charge in [-0.1, -0.05) is 41.9 Å². The minimum absolute atomic E-state index is 0.606. The van der Waals surface area contributed by atoms with Crippen molar-refractivity contribution in [2.45, 2.75) is 13.1 Å². The van der Waals surface area contributed by atoms with E-state index in [1.807, 2.05) is 42.5 Å². The molecular weight excluding hydrogens is 386 g/mol. The lowest BCUT2D eigenvalue weighted by Crippen LogP contribution is -2.25. The van der Waals surface area contributed by atoms with Crippen LogP contribution < -0.4 is 14.2 Å². The monoisotopic (exact) mass is 409 g/mol. The fourth-order valence-corrected chi connectivity index (χ4v) is 3.92. The van der Waals surface area contributed by atoms with Gasteiger partial charge in [0, 0.05) is 35.8 Å². The summed E-state index contributed by atoms with van der Waals surface area (Å²) in [4.78, 5) is 2.37. The SMILES string of the molecule is COc1ccccc1CN1CCOc2c(cc(-c3cccc(Cl)c3)cc2OC)C1. The van der Waals surface area contributed by atoms with Gasteiger partial charge in [-0.2, -0.15) is 0 Å². The van der Waals surface area contributed by atoms with Crippen molar-refractivity contribution in [1.82, 2.24) is 4.90 Å². The Labute approximate surface area is 176 Å². The molecule has 3 aromatic carbocycles. The molecule has 0 fully saturated rings. The Balaban J connectivity index is 1.67. The zero-order valence-electron chi connectivity index (χ0n) is 16.7. The largest absolute Gasteiger partial charge is 0.496 e. The van der Waals surface area contributed by atoms with Gasteiger partial charge >= 0.3 is 0 Å². The fourth-order valence-electron chi connectivity index (χ4n) is 3.73. The van der Waals surface area contributed by atoms with Gasteiger partial charge < -0.3 is 14.2 Å². The Morgan fingerprint density at radius 3 is 2.55 bits per heavy atom. The molecule has 0 aliphatic carbocycles. The van der Waals surface area contributed by atoms with Gasteiger partial charge in [-0.15, -0.1) is 0 Å². The number of fused-ring (bicyclic) bond motifs is 1. The molecule has 3 aromatic rings. The maximum Gasteiger partial charge on any atom is 0.165 e. The molecule has 1 heterocycles. The van der Waals surface area contributed by atoms with Gasteiger partial charge in [0.15, 0.2) is 11.5 Å². The maximum atomic E-state index is 6.20. The second-order valence-electron chi connectivity index (χ2n) is 7.05. The highest BCUT2D eigenvalue weighted by molar-refractivity contribution is 6.30. The highest BCUT2D eigenvalue weighted by Gasteiger charge is 2.21. The molecule has 0 radical (unpaired) electrons. The van der Waals surface area contributed by atoms with E-state index < -0.39 is 0 Å². The predicted molar refractivity (Wildman–Crippen MR) is 116 cm³/mol. The van der Waals surface area contributed by atoms with E-state index in [1.54, 1.807) is 14.2 Å². The normalized spacial score (nSPS) is 13.9. The number of hydrogen-bond acceptors (Lipinski definition) is 4. The molecule has 0 saturated heterocycles. The van der Waals surface area contributed by atoms with E-state index in [1.165, 1.54) is 0 Å². The standard InChI is InChI=1S/C24H24ClNO3/c1-27-22-9-4-3-6-18(22)15-26-10-11-29-24-20(16-26)12-19(14-23(24)28-2)17-7-5-8-21(25)13-17/h3-9,12-14H,10-11,15-16H2,1-2H3. The molecule has 1 aliphatic heterocycles. The summed E-state index contributed by atoms with van der Waals surface area (Å²) in [5.41, 5.74) is 4.38. The summed E-state index contributed by atoms with van der Waals surface area (Å²) >= 11 is 6.20. The Bertz CT molecular complexity index is 1010. The maximum absolute atomic E-state index is 6.20. The highest BCUT2D eigenvalue weighted by atomic mass is 35.5. The van der Waals surface area contributed by atoms with Crippen LogP contribution in [0.2, 0.25) is 5.02 Å². The Morgan fingerprint density at radius 2 is 1.76 bits per heavy atom. The molecule has 0 saturated carbocycles. The van der Waals surface area contributed by atoms with Crippen molar-refractivity contribution in [3.05, 3.63) is 76.8 Å². The van der Waals surface area contributed by atoms with Gasteiger partial charge in [-0.25, -0.2) is 0 Å². The van der Waals surface area contributed by atoms with Crippen LogP contribution in [0.25, 0.3) is 11.1 Å². The second-order valence-corrected chi connectivity index (χ2v) is 7.48. The average molecular weight is 410 g/mol. The summed E-state index contributed by atoms with van der Waals surface area (Å²) in [6.45, 7) is 2.98. The number of benzene rings is 3. The van der Waals surface area contributed by atoms with Crippen LogP contribution in [0.5, 0.6) is 17.2 Å². The van der Waals surface area contributed by atoms with Crippen LogP contribution in [0.1, 0.15) is 11.1 Å². The van der Waals surface area contributed by atoms with E-state index in [2.05, 4.69) is 23.1 Å². The number of para-hydroxylation sites is 1. The van der Waals surface area contributed by atoms with Gasteiger partial charge in [0.05, 0.1) is 14.2 Å². The smallest absolute Gasteiger partial charge is 0.165 e. The van der Waals surface area contributed by atoms with E-state index in [0.717, 1.165) is 59.1 Å². The molecule has 0 atom stereocenters. The van der Waals surface area contributed by atoms with E-state index >= 15 is 0 Å². The third-order valence-electron chi connectivity index (χ3n) is 5.14. The van der Waals surface area contributed by atoms with Crippen molar-refractivity contribution >= 4 is 11.6 Å². The minimum Gasteiger partial charge on any atom is -0.496 e.